The van der Waals surface area contributed by atoms with Crippen LogP contribution < -0.4 is 15.9 Å². The molecule has 0 amide bonds. The maximum Gasteiger partial charge on any atom is 0.00248 e. The fourth-order valence-electron chi connectivity index (χ4n) is 2.48. The molecule has 20 heavy (non-hydrogen) atoms. The lowest BCUT2D eigenvalue weighted by Crippen LogP contribution is -2.31. The normalized spacial score (nSPS) is 12.6. The van der Waals surface area contributed by atoms with Gasteiger partial charge in [0.2, 0.25) is 0 Å². The lowest BCUT2D eigenvalue weighted by Gasteiger charge is -2.28. The van der Waals surface area contributed by atoms with Crippen molar-refractivity contribution in [1.29, 1.82) is 0 Å². The van der Waals surface area contributed by atoms with Gasteiger partial charge in [-0.2, -0.15) is 0 Å². The minimum absolute atomic E-state index is 0.289. The Labute approximate surface area is 124 Å². The average molecular weight is 285 g/mol. The molecule has 0 heterocycles. The van der Waals surface area contributed by atoms with Crippen LogP contribution in [0.2, 0.25) is 0 Å². The van der Waals surface area contributed by atoms with Crippen LogP contribution in [0.1, 0.15) is 20.3 Å². The summed E-state index contributed by atoms with van der Waals surface area (Å²) in [6, 6.07) is 22.0. The van der Waals surface area contributed by atoms with Crippen LogP contribution in [0.3, 0.4) is 0 Å². The van der Waals surface area contributed by atoms with Crippen LogP contribution in [0.4, 0.5) is 0 Å². The molecule has 2 aromatic rings. The average Bonchev–Trinajstić information content (AvgIpc) is 2.53. The number of rotatable bonds is 7. The molecule has 1 nitrogen and oxygen atoms in total. The van der Waals surface area contributed by atoms with Gasteiger partial charge < -0.3 is 5.32 Å². The predicted molar refractivity (Wildman–Crippen MR) is 91.7 cm³/mol. The van der Waals surface area contributed by atoms with E-state index in [1.54, 1.807) is 0 Å². The molecule has 2 rings (SSSR count). The molecule has 1 atom stereocenters. The van der Waals surface area contributed by atoms with Gasteiger partial charge >= 0.3 is 0 Å². The topological polar surface area (TPSA) is 12.0 Å². The van der Waals surface area contributed by atoms with Gasteiger partial charge in [0.05, 0.1) is 0 Å². The van der Waals surface area contributed by atoms with E-state index in [9.17, 15) is 0 Å². The smallest absolute Gasteiger partial charge is 0.00248 e. The molecule has 1 N–H and O–H groups in total. The summed E-state index contributed by atoms with van der Waals surface area (Å²) in [4.78, 5) is 0. The summed E-state index contributed by atoms with van der Waals surface area (Å²) >= 11 is 0. The van der Waals surface area contributed by atoms with Crippen molar-refractivity contribution < 1.29 is 0 Å². The van der Waals surface area contributed by atoms with E-state index in [1.807, 2.05) is 0 Å². The summed E-state index contributed by atoms with van der Waals surface area (Å²) in [6.07, 6.45) is 1.21. The summed E-state index contributed by atoms with van der Waals surface area (Å²) in [7, 11) is -0.289. The van der Waals surface area contributed by atoms with Crippen molar-refractivity contribution in [2.24, 2.45) is 0 Å². The van der Waals surface area contributed by atoms with Crippen molar-refractivity contribution in [2.75, 3.05) is 13.1 Å². The van der Waals surface area contributed by atoms with E-state index in [2.05, 4.69) is 79.8 Å². The molecule has 0 aliphatic heterocycles. The van der Waals surface area contributed by atoms with E-state index in [-0.39, 0.29) is 7.92 Å². The molecule has 106 valence electrons. The second-order valence-corrected chi connectivity index (χ2v) is 7.41. The maximum atomic E-state index is 3.54. The highest BCUT2D eigenvalue weighted by Gasteiger charge is 2.22. The summed E-state index contributed by atoms with van der Waals surface area (Å²) in [5, 5.41) is 6.50. The fourth-order valence-corrected chi connectivity index (χ4v) is 5.28. The van der Waals surface area contributed by atoms with Crippen LogP contribution >= 0.6 is 7.92 Å². The Bertz CT molecular complexity index is 444. The Morgan fingerprint density at radius 3 is 1.75 bits per heavy atom. The summed E-state index contributed by atoms with van der Waals surface area (Å²) in [5.41, 5.74) is 0.690. The van der Waals surface area contributed by atoms with Crippen LogP contribution in [0.15, 0.2) is 60.7 Å². The zero-order chi connectivity index (χ0) is 14.2. The molecule has 1 unspecified atom stereocenters. The largest absolute Gasteiger partial charge is 0.316 e. The highest BCUT2D eigenvalue weighted by atomic mass is 31.1. The fraction of sp³-hybridized carbons (Fsp3) is 0.333. The van der Waals surface area contributed by atoms with Gasteiger partial charge in [0.1, 0.15) is 0 Å². The summed E-state index contributed by atoms with van der Waals surface area (Å²) in [5.74, 6) is 0. The predicted octanol–water partition coefficient (Wildman–Crippen LogP) is 3.51. The van der Waals surface area contributed by atoms with E-state index in [1.165, 1.54) is 17.0 Å². The highest BCUT2D eigenvalue weighted by Crippen LogP contribution is 2.40. The van der Waals surface area contributed by atoms with Gasteiger partial charge in [-0.1, -0.05) is 74.5 Å². The number of hydrogen-bond donors (Lipinski definition) is 1. The van der Waals surface area contributed by atoms with Crippen LogP contribution in [0.25, 0.3) is 0 Å². The third kappa shape index (κ3) is 3.91. The lowest BCUT2D eigenvalue weighted by molar-refractivity contribution is 0.672. The Kier molecular flexibility index (Phi) is 6.24. The lowest BCUT2D eigenvalue weighted by atomic mass is 10.3. The standard InChI is InChI=1S/C18H24NP/c1-3-16(15-19-4-2)20(17-11-7-5-8-12-17)18-13-9-6-10-14-18/h5-14,16,19H,3-4,15H2,1-2H3. The number of nitrogens with one attached hydrogen (secondary N) is 1. The molecule has 0 bridgehead atoms. The highest BCUT2D eigenvalue weighted by molar-refractivity contribution is 7.73. The SMILES string of the molecule is CCNCC(CC)P(c1ccccc1)c1ccccc1. The summed E-state index contributed by atoms with van der Waals surface area (Å²) in [6.45, 7) is 6.63. The molecule has 0 aliphatic rings. The second-order valence-electron chi connectivity index (χ2n) is 4.91. The third-order valence-electron chi connectivity index (χ3n) is 3.54. The van der Waals surface area contributed by atoms with Crippen LogP contribution in [0.5, 0.6) is 0 Å². The molecule has 0 aliphatic carbocycles. The van der Waals surface area contributed by atoms with Crippen molar-refractivity contribution >= 4 is 18.5 Å². The minimum atomic E-state index is -0.289. The molecule has 0 saturated carbocycles. The van der Waals surface area contributed by atoms with Gasteiger partial charge in [0.15, 0.2) is 0 Å². The first kappa shape index (κ1) is 15.2. The third-order valence-corrected chi connectivity index (χ3v) is 6.52. The molecule has 2 heteroatoms. The van der Waals surface area contributed by atoms with Gasteiger partial charge in [-0.3, -0.25) is 0 Å². The minimum Gasteiger partial charge on any atom is -0.316 e. The molecule has 0 radical (unpaired) electrons. The van der Waals surface area contributed by atoms with E-state index < -0.39 is 0 Å². The van der Waals surface area contributed by atoms with E-state index in [0.29, 0.717) is 5.66 Å². The molecule has 0 fully saturated rings. The summed E-state index contributed by atoms with van der Waals surface area (Å²) < 4.78 is 0. The van der Waals surface area contributed by atoms with Gasteiger partial charge in [-0.05, 0) is 37.2 Å². The van der Waals surface area contributed by atoms with Crippen LogP contribution in [-0.4, -0.2) is 18.7 Å². The zero-order valence-corrected chi connectivity index (χ0v) is 13.3. The van der Waals surface area contributed by atoms with Gasteiger partial charge in [0.25, 0.3) is 0 Å². The second kappa shape index (κ2) is 8.19. The van der Waals surface area contributed by atoms with Crippen molar-refractivity contribution in [3.63, 3.8) is 0 Å². The number of benzene rings is 2. The molecular weight excluding hydrogens is 261 g/mol. The first-order chi connectivity index (χ1) is 9.86. The monoisotopic (exact) mass is 285 g/mol. The van der Waals surface area contributed by atoms with Crippen molar-refractivity contribution in [3.05, 3.63) is 60.7 Å². The molecule has 0 saturated heterocycles. The van der Waals surface area contributed by atoms with Crippen LogP contribution in [-0.2, 0) is 0 Å². The molecule has 2 aromatic carbocycles. The van der Waals surface area contributed by atoms with Crippen LogP contribution in [0, 0.1) is 0 Å². The van der Waals surface area contributed by atoms with E-state index >= 15 is 0 Å². The Morgan fingerprint density at radius 1 is 0.850 bits per heavy atom. The quantitative estimate of drug-likeness (QED) is 0.768. The zero-order valence-electron chi connectivity index (χ0n) is 12.4. The number of hydrogen-bond acceptors (Lipinski definition) is 1. The first-order valence-electron chi connectivity index (χ1n) is 7.46. The van der Waals surface area contributed by atoms with Gasteiger partial charge in [-0.15, -0.1) is 0 Å². The van der Waals surface area contributed by atoms with Crippen molar-refractivity contribution in [2.45, 2.75) is 25.9 Å². The van der Waals surface area contributed by atoms with Crippen molar-refractivity contribution in [3.8, 4) is 0 Å². The molecule has 0 spiro atoms. The van der Waals surface area contributed by atoms with Gasteiger partial charge in [0, 0.05) is 6.54 Å². The van der Waals surface area contributed by atoms with E-state index in [0.717, 1.165) is 13.1 Å². The Hall–Kier alpha value is -1.17. The van der Waals surface area contributed by atoms with Gasteiger partial charge in [-0.25, -0.2) is 0 Å². The van der Waals surface area contributed by atoms with E-state index in [4.69, 9.17) is 0 Å². The molecular formula is C18H24NP. The Morgan fingerprint density at radius 2 is 1.35 bits per heavy atom. The van der Waals surface area contributed by atoms with Crippen molar-refractivity contribution in [1.82, 2.24) is 5.32 Å². The molecule has 0 aromatic heterocycles. The maximum absolute atomic E-state index is 3.54. The Balaban J connectivity index is 2.33. The first-order valence-corrected chi connectivity index (χ1v) is 8.88.